The van der Waals surface area contributed by atoms with Crippen LogP contribution < -0.4 is 0 Å². The Kier molecular flexibility index (Phi) is 6.81. The van der Waals surface area contributed by atoms with Crippen LogP contribution in [-0.2, 0) is 23.0 Å². The standard InChI is InChI=1S/C19H28N2O3S/c1-5-6-17-8-11-19(12-9-17)25(22,23)21(14-13-20(3)4)15-18-10-7-16(2)24-18/h7-12H,5-6,13-15H2,1-4H3. The Labute approximate surface area is 151 Å². The van der Waals surface area contributed by atoms with Crippen molar-refractivity contribution in [2.75, 3.05) is 27.2 Å². The van der Waals surface area contributed by atoms with Crippen LogP contribution in [0.1, 0.15) is 30.4 Å². The minimum Gasteiger partial charge on any atom is -0.465 e. The highest BCUT2D eigenvalue weighted by molar-refractivity contribution is 7.89. The molecule has 0 aliphatic rings. The van der Waals surface area contributed by atoms with Gasteiger partial charge in [-0.2, -0.15) is 4.31 Å². The lowest BCUT2D eigenvalue weighted by molar-refractivity contribution is 0.310. The first kappa shape index (κ1) is 19.7. The molecule has 0 atom stereocenters. The SMILES string of the molecule is CCCc1ccc(S(=O)(=O)N(CCN(C)C)Cc2ccc(C)o2)cc1. The third-order valence-corrected chi connectivity index (χ3v) is 5.88. The summed E-state index contributed by atoms with van der Waals surface area (Å²) >= 11 is 0. The Hall–Kier alpha value is -1.63. The molecule has 0 amide bonds. The van der Waals surface area contributed by atoms with Crippen LogP contribution in [0, 0.1) is 6.92 Å². The van der Waals surface area contributed by atoms with E-state index >= 15 is 0 Å². The Bertz CT molecular complexity index is 764. The molecule has 2 aromatic rings. The maximum atomic E-state index is 13.1. The molecule has 0 spiro atoms. The number of likely N-dealkylation sites (N-methyl/N-ethyl adjacent to an activating group) is 1. The summed E-state index contributed by atoms with van der Waals surface area (Å²) in [5, 5.41) is 0. The lowest BCUT2D eigenvalue weighted by Gasteiger charge is -2.23. The highest BCUT2D eigenvalue weighted by Gasteiger charge is 2.25. The smallest absolute Gasteiger partial charge is 0.243 e. The van der Waals surface area contributed by atoms with Gasteiger partial charge < -0.3 is 9.32 Å². The summed E-state index contributed by atoms with van der Waals surface area (Å²) in [6.45, 7) is 5.26. The van der Waals surface area contributed by atoms with Crippen LogP contribution >= 0.6 is 0 Å². The van der Waals surface area contributed by atoms with Gasteiger partial charge in [-0.15, -0.1) is 0 Å². The van der Waals surface area contributed by atoms with Gasteiger partial charge in [-0.1, -0.05) is 25.5 Å². The number of furan rings is 1. The third-order valence-electron chi connectivity index (χ3n) is 4.02. The molecular formula is C19H28N2O3S. The number of hydrogen-bond acceptors (Lipinski definition) is 4. The number of rotatable bonds is 9. The number of aryl methyl sites for hydroxylation is 2. The van der Waals surface area contributed by atoms with Crippen LogP contribution in [0.25, 0.3) is 0 Å². The van der Waals surface area contributed by atoms with Gasteiger partial charge in [0.2, 0.25) is 10.0 Å². The van der Waals surface area contributed by atoms with E-state index < -0.39 is 10.0 Å². The minimum atomic E-state index is -3.57. The van der Waals surface area contributed by atoms with Crippen molar-refractivity contribution in [2.45, 2.75) is 38.1 Å². The molecule has 0 N–H and O–H groups in total. The van der Waals surface area contributed by atoms with Gasteiger partial charge in [0.15, 0.2) is 0 Å². The topological polar surface area (TPSA) is 53.8 Å². The third kappa shape index (κ3) is 5.42. The zero-order chi connectivity index (χ0) is 18.4. The molecule has 6 heteroatoms. The van der Waals surface area contributed by atoms with Crippen molar-refractivity contribution >= 4 is 10.0 Å². The maximum Gasteiger partial charge on any atom is 0.243 e. The number of nitrogens with zero attached hydrogens (tertiary/aromatic N) is 2. The molecule has 0 aliphatic carbocycles. The zero-order valence-electron chi connectivity index (χ0n) is 15.5. The predicted molar refractivity (Wildman–Crippen MR) is 100 cm³/mol. The van der Waals surface area contributed by atoms with Crippen molar-refractivity contribution in [2.24, 2.45) is 0 Å². The van der Waals surface area contributed by atoms with Gasteiger partial charge in [0.1, 0.15) is 11.5 Å². The largest absolute Gasteiger partial charge is 0.465 e. The van der Waals surface area contributed by atoms with Crippen molar-refractivity contribution in [3.8, 4) is 0 Å². The van der Waals surface area contributed by atoms with E-state index in [-0.39, 0.29) is 6.54 Å². The summed E-state index contributed by atoms with van der Waals surface area (Å²) in [4.78, 5) is 2.30. The van der Waals surface area contributed by atoms with Crippen LogP contribution in [0.3, 0.4) is 0 Å². The predicted octanol–water partition coefficient (Wildman–Crippen LogP) is 3.29. The first-order valence-corrected chi connectivity index (χ1v) is 10.1. The first-order valence-electron chi connectivity index (χ1n) is 8.62. The molecule has 2 rings (SSSR count). The average Bonchev–Trinajstić information content (AvgIpc) is 2.97. The summed E-state index contributed by atoms with van der Waals surface area (Å²) in [6, 6.07) is 10.9. The fourth-order valence-corrected chi connectivity index (χ4v) is 4.00. The molecule has 0 aliphatic heterocycles. The monoisotopic (exact) mass is 364 g/mol. The molecule has 0 saturated heterocycles. The van der Waals surface area contributed by atoms with Gasteiger partial charge in [-0.05, 0) is 57.3 Å². The van der Waals surface area contributed by atoms with Gasteiger partial charge in [0.05, 0.1) is 11.4 Å². The second kappa shape index (κ2) is 8.65. The van der Waals surface area contributed by atoms with Crippen molar-refractivity contribution in [1.82, 2.24) is 9.21 Å². The number of sulfonamides is 1. The van der Waals surface area contributed by atoms with Gasteiger partial charge >= 0.3 is 0 Å². The number of benzene rings is 1. The molecule has 25 heavy (non-hydrogen) atoms. The van der Waals surface area contributed by atoms with Gasteiger partial charge in [0, 0.05) is 13.1 Å². The van der Waals surface area contributed by atoms with E-state index in [0.717, 1.165) is 24.2 Å². The van der Waals surface area contributed by atoms with E-state index in [9.17, 15) is 8.42 Å². The minimum absolute atomic E-state index is 0.237. The van der Waals surface area contributed by atoms with E-state index in [0.29, 0.717) is 23.7 Å². The molecule has 0 fully saturated rings. The molecule has 0 saturated carbocycles. The van der Waals surface area contributed by atoms with E-state index in [1.165, 1.54) is 4.31 Å². The second-order valence-corrected chi connectivity index (χ2v) is 8.49. The van der Waals surface area contributed by atoms with Gasteiger partial charge in [-0.25, -0.2) is 8.42 Å². The van der Waals surface area contributed by atoms with Gasteiger partial charge in [-0.3, -0.25) is 0 Å². The van der Waals surface area contributed by atoms with Crippen molar-refractivity contribution in [3.63, 3.8) is 0 Å². The van der Waals surface area contributed by atoms with Crippen LogP contribution in [0.4, 0.5) is 0 Å². The Balaban J connectivity index is 2.26. The summed E-state index contributed by atoms with van der Waals surface area (Å²) in [7, 11) is 0.293. The normalized spacial score (nSPS) is 12.2. The van der Waals surface area contributed by atoms with E-state index in [2.05, 4.69) is 6.92 Å². The summed E-state index contributed by atoms with van der Waals surface area (Å²) in [5.41, 5.74) is 1.16. The summed E-state index contributed by atoms with van der Waals surface area (Å²) in [6.07, 6.45) is 2.00. The van der Waals surface area contributed by atoms with E-state index in [1.807, 2.05) is 50.2 Å². The summed E-state index contributed by atoms with van der Waals surface area (Å²) in [5.74, 6) is 1.44. The average molecular weight is 365 g/mol. The highest BCUT2D eigenvalue weighted by Crippen LogP contribution is 2.20. The Morgan fingerprint density at radius 1 is 1.00 bits per heavy atom. The van der Waals surface area contributed by atoms with E-state index in [4.69, 9.17) is 4.42 Å². The lowest BCUT2D eigenvalue weighted by atomic mass is 10.1. The zero-order valence-corrected chi connectivity index (χ0v) is 16.3. The number of hydrogen-bond donors (Lipinski definition) is 0. The van der Waals surface area contributed by atoms with Crippen molar-refractivity contribution in [1.29, 1.82) is 0 Å². The fourth-order valence-electron chi connectivity index (χ4n) is 2.61. The van der Waals surface area contributed by atoms with Crippen LogP contribution in [0.2, 0.25) is 0 Å². The molecule has 138 valence electrons. The molecule has 1 aromatic carbocycles. The molecule has 0 bridgehead atoms. The lowest BCUT2D eigenvalue weighted by Crippen LogP contribution is -2.36. The first-order chi connectivity index (χ1) is 11.8. The molecular weight excluding hydrogens is 336 g/mol. The van der Waals surface area contributed by atoms with Crippen LogP contribution in [-0.4, -0.2) is 44.8 Å². The maximum absolute atomic E-state index is 13.1. The Morgan fingerprint density at radius 3 is 2.20 bits per heavy atom. The second-order valence-electron chi connectivity index (χ2n) is 6.55. The van der Waals surface area contributed by atoms with Crippen LogP contribution in [0.5, 0.6) is 0 Å². The molecule has 5 nitrogen and oxygen atoms in total. The molecule has 1 heterocycles. The molecule has 0 radical (unpaired) electrons. The molecule has 1 aromatic heterocycles. The van der Waals surface area contributed by atoms with Crippen LogP contribution in [0.15, 0.2) is 45.7 Å². The van der Waals surface area contributed by atoms with Crippen molar-refractivity contribution < 1.29 is 12.8 Å². The Morgan fingerprint density at radius 2 is 1.68 bits per heavy atom. The summed E-state index contributed by atoms with van der Waals surface area (Å²) < 4.78 is 33.3. The highest BCUT2D eigenvalue weighted by atomic mass is 32.2. The fraction of sp³-hybridized carbons (Fsp3) is 0.474. The molecule has 0 unspecified atom stereocenters. The quantitative estimate of drug-likeness (QED) is 0.685. The van der Waals surface area contributed by atoms with E-state index in [1.54, 1.807) is 12.1 Å². The van der Waals surface area contributed by atoms with Crippen molar-refractivity contribution in [3.05, 3.63) is 53.5 Å². The van der Waals surface area contributed by atoms with Gasteiger partial charge in [0.25, 0.3) is 0 Å².